The molecular formula is C63H70I4O24. The third-order valence-corrected chi connectivity index (χ3v) is 14.5. The van der Waals surface area contributed by atoms with Gasteiger partial charge in [-0.2, -0.15) is 0 Å². The molecule has 0 aromatic heterocycles. The Morgan fingerprint density at radius 2 is 0.648 bits per heavy atom. The first-order valence-corrected chi connectivity index (χ1v) is 30.7. The van der Waals surface area contributed by atoms with E-state index in [9.17, 15) is 47.9 Å². The number of hydrogen-bond acceptors (Lipinski definition) is 24. The Morgan fingerprint density at radius 3 is 0.956 bits per heavy atom. The van der Waals surface area contributed by atoms with Crippen LogP contribution in [0.15, 0.2) is 85.0 Å². The lowest BCUT2D eigenvalue weighted by Crippen LogP contribution is -2.15. The zero-order valence-electron chi connectivity index (χ0n) is 53.0. The van der Waals surface area contributed by atoms with Gasteiger partial charge in [0.05, 0.1) is 53.8 Å². The van der Waals surface area contributed by atoms with Crippen molar-refractivity contribution in [3.63, 3.8) is 0 Å². The molecule has 0 fully saturated rings. The summed E-state index contributed by atoms with van der Waals surface area (Å²) in [6.07, 6.45) is -2.11. The highest BCUT2D eigenvalue weighted by molar-refractivity contribution is 14.1. The quantitative estimate of drug-likeness (QED) is 0.0232. The van der Waals surface area contributed by atoms with Gasteiger partial charge < -0.3 is 66.3 Å². The van der Waals surface area contributed by atoms with Crippen molar-refractivity contribution < 1.29 is 114 Å². The molecule has 3 unspecified atom stereocenters. The van der Waals surface area contributed by atoms with Gasteiger partial charge in [-0.1, -0.05) is 26.3 Å². The van der Waals surface area contributed by atoms with Crippen LogP contribution < -0.4 is 47.4 Å². The van der Waals surface area contributed by atoms with E-state index in [0.29, 0.717) is 63.5 Å². The topological polar surface area (TPSA) is 300 Å². The highest BCUT2D eigenvalue weighted by Crippen LogP contribution is 2.46. The van der Waals surface area contributed by atoms with Crippen molar-refractivity contribution in [1.82, 2.24) is 0 Å². The number of esters is 10. The number of rotatable bonds is 22. The summed E-state index contributed by atoms with van der Waals surface area (Å²) in [6.45, 7) is 32.9. The van der Waals surface area contributed by atoms with Crippen molar-refractivity contribution in [1.29, 1.82) is 0 Å². The molecule has 0 spiro atoms. The monoisotopic (exact) mass is 1720 g/mol. The standard InChI is InChI=1S/2C17H19IO7.C15H17IO5.C14H15IO5/c2*1-8(2)17(21)23-9(3)14-12(22-6)7-13(24-10(4)19)15(18)16(14)25-11(5)20;1-8(2)15(18)20-9(3)11-6-12(16)14(21-10(4)17)7-13(11)19-5;1-8(2)14(17)19-7-10-5-11(15)13(20-9(3)16)6-12(10)18-4/h2*7,9H,1H2,2-6H3;6-7,9H,1H2,2-5H3;5-6H,1,7H2,2-4H3. The predicted octanol–water partition coefficient (Wildman–Crippen LogP) is 12.9. The van der Waals surface area contributed by atoms with Crippen LogP contribution in [-0.4, -0.2) is 88.1 Å². The number of benzene rings is 4. The molecule has 494 valence electrons. The van der Waals surface area contributed by atoms with E-state index >= 15 is 0 Å². The molecular weight excluding hydrogens is 1650 g/mol. The third-order valence-electron chi connectivity index (χ3n) is 10.8. The molecule has 0 aliphatic rings. The number of carbonyl (C=O) groups is 10. The Kier molecular flexibility index (Phi) is 35.1. The summed E-state index contributed by atoms with van der Waals surface area (Å²) >= 11 is 7.83. The van der Waals surface area contributed by atoms with Crippen LogP contribution in [0.1, 0.15) is 131 Å². The molecule has 91 heavy (non-hydrogen) atoms. The van der Waals surface area contributed by atoms with Gasteiger partial charge >= 0.3 is 59.7 Å². The Morgan fingerprint density at radius 1 is 0.363 bits per heavy atom. The lowest BCUT2D eigenvalue weighted by molar-refractivity contribution is -0.144. The highest BCUT2D eigenvalue weighted by atomic mass is 127. The maximum Gasteiger partial charge on any atom is 0.333 e. The van der Waals surface area contributed by atoms with Crippen LogP contribution in [0.25, 0.3) is 0 Å². The third kappa shape index (κ3) is 26.8. The number of hydrogen-bond donors (Lipinski definition) is 0. The maximum atomic E-state index is 11.8. The molecule has 4 aromatic rings. The second kappa shape index (κ2) is 39.1. The Labute approximate surface area is 581 Å². The molecule has 0 radical (unpaired) electrons. The summed E-state index contributed by atoms with van der Waals surface area (Å²) in [7, 11) is 5.78. The highest BCUT2D eigenvalue weighted by Gasteiger charge is 2.30. The summed E-state index contributed by atoms with van der Waals surface area (Å²) in [5, 5.41) is 0. The van der Waals surface area contributed by atoms with Crippen molar-refractivity contribution in [2.75, 3.05) is 28.4 Å². The first-order chi connectivity index (χ1) is 42.3. The van der Waals surface area contributed by atoms with Crippen LogP contribution in [0.3, 0.4) is 0 Å². The number of methoxy groups -OCH3 is 4. The molecule has 0 aliphatic carbocycles. The number of carbonyl (C=O) groups excluding carboxylic acids is 10. The molecule has 0 heterocycles. The van der Waals surface area contributed by atoms with Gasteiger partial charge in [0.15, 0.2) is 23.0 Å². The van der Waals surface area contributed by atoms with Crippen LogP contribution in [0.4, 0.5) is 0 Å². The molecule has 0 aliphatic heterocycles. The first kappa shape index (κ1) is 81.7. The van der Waals surface area contributed by atoms with Crippen LogP contribution in [-0.2, 0) is 73.5 Å². The van der Waals surface area contributed by atoms with E-state index in [1.165, 1.54) is 96.0 Å². The van der Waals surface area contributed by atoms with Gasteiger partial charge in [0.25, 0.3) is 0 Å². The van der Waals surface area contributed by atoms with Crippen LogP contribution in [0.5, 0.6) is 57.5 Å². The maximum absolute atomic E-state index is 11.8. The summed E-state index contributed by atoms with van der Waals surface area (Å²) in [6, 6.07) is 9.63. The van der Waals surface area contributed by atoms with E-state index < -0.39 is 78.0 Å². The van der Waals surface area contributed by atoms with Crippen LogP contribution >= 0.6 is 90.4 Å². The number of ether oxygens (including phenoxy) is 14. The summed E-state index contributed by atoms with van der Waals surface area (Å²) < 4.78 is 75.2. The zero-order valence-corrected chi connectivity index (χ0v) is 61.7. The molecule has 3 atom stereocenters. The summed E-state index contributed by atoms with van der Waals surface area (Å²) in [4.78, 5) is 114. The normalized spacial score (nSPS) is 11.0. The van der Waals surface area contributed by atoms with Gasteiger partial charge in [-0.3, -0.25) is 28.8 Å². The fourth-order valence-electron chi connectivity index (χ4n) is 6.88. The number of halogens is 4. The van der Waals surface area contributed by atoms with Crippen LogP contribution in [0, 0.1) is 14.3 Å². The minimum atomic E-state index is -0.798. The Bertz CT molecular complexity index is 3350. The minimum absolute atomic E-state index is 0.0607. The first-order valence-electron chi connectivity index (χ1n) is 26.3. The van der Waals surface area contributed by atoms with Crippen molar-refractivity contribution >= 4 is 150 Å². The smallest absolute Gasteiger partial charge is 0.333 e. The molecule has 0 amide bonds. The lowest BCUT2D eigenvalue weighted by Gasteiger charge is -2.22. The van der Waals surface area contributed by atoms with E-state index in [1.807, 2.05) is 90.4 Å². The van der Waals surface area contributed by atoms with Crippen molar-refractivity contribution in [2.45, 2.75) is 115 Å². The predicted molar refractivity (Wildman–Crippen MR) is 363 cm³/mol. The van der Waals surface area contributed by atoms with Crippen molar-refractivity contribution in [3.8, 4) is 57.5 Å². The fourth-order valence-corrected chi connectivity index (χ4v) is 9.45. The van der Waals surface area contributed by atoms with E-state index in [2.05, 4.69) is 26.3 Å². The van der Waals surface area contributed by atoms with E-state index in [-0.39, 0.29) is 52.3 Å². The average Bonchev–Trinajstić information content (AvgIpc) is 0.859. The fraction of sp³-hybridized carbons (Fsp3) is 0.333. The Balaban J connectivity index is 0.000000609. The molecule has 0 saturated carbocycles. The van der Waals surface area contributed by atoms with Gasteiger partial charge in [0, 0.05) is 99.2 Å². The molecule has 24 nitrogen and oxygen atoms in total. The van der Waals surface area contributed by atoms with Gasteiger partial charge in [-0.25, -0.2) is 19.2 Å². The molecule has 0 N–H and O–H groups in total. The second-order valence-electron chi connectivity index (χ2n) is 18.8. The summed E-state index contributed by atoms with van der Waals surface area (Å²) in [5.74, 6) is -2.38. The van der Waals surface area contributed by atoms with E-state index in [1.54, 1.807) is 58.9 Å². The Hall–Kier alpha value is -7.34. The van der Waals surface area contributed by atoms with Gasteiger partial charge in [0.1, 0.15) is 59.4 Å². The lowest BCUT2D eigenvalue weighted by atomic mass is 10.1. The van der Waals surface area contributed by atoms with Gasteiger partial charge in [-0.05, 0) is 151 Å². The second-order valence-corrected chi connectivity index (χ2v) is 23.3. The molecule has 4 rings (SSSR count). The largest absolute Gasteiger partial charge is 0.496 e. The van der Waals surface area contributed by atoms with Gasteiger partial charge in [-0.15, -0.1) is 0 Å². The minimum Gasteiger partial charge on any atom is -0.496 e. The SMILES string of the molecule is C=C(C)C(=O)OC(C)c1c(OC)cc(OC(C)=O)c(I)c1OC(C)=O.C=C(C)C(=O)OC(C)c1c(OC)cc(OC(C)=O)c(I)c1OC(C)=O.C=C(C)C(=O)OC(C)c1cc(I)c(OC(C)=O)cc1OC.C=C(C)C(=O)OCc1cc(I)c(OC(C)=O)cc1OC. The van der Waals surface area contributed by atoms with Crippen LogP contribution in [0.2, 0.25) is 0 Å². The van der Waals surface area contributed by atoms with E-state index in [0.717, 1.165) is 7.14 Å². The zero-order chi connectivity index (χ0) is 70.1. The van der Waals surface area contributed by atoms with Crippen molar-refractivity contribution in [2.24, 2.45) is 0 Å². The average molecular weight is 1720 g/mol. The van der Waals surface area contributed by atoms with E-state index in [4.69, 9.17) is 66.3 Å². The molecule has 28 heteroatoms. The molecule has 0 bridgehead atoms. The van der Waals surface area contributed by atoms with Gasteiger partial charge in [0.2, 0.25) is 0 Å². The van der Waals surface area contributed by atoms with Crippen molar-refractivity contribution in [3.05, 3.63) is 122 Å². The molecule has 4 aromatic carbocycles. The molecule has 0 saturated heterocycles. The summed E-state index contributed by atoms with van der Waals surface area (Å²) in [5.41, 5.74) is 3.16.